The van der Waals surface area contributed by atoms with Crippen LogP contribution in [-0.2, 0) is 17.1 Å². The summed E-state index contributed by atoms with van der Waals surface area (Å²) in [5.41, 5.74) is 1.76. The van der Waals surface area contributed by atoms with Crippen LogP contribution in [0.15, 0.2) is 122 Å². The van der Waals surface area contributed by atoms with Crippen molar-refractivity contribution in [1.82, 2.24) is 9.97 Å². The van der Waals surface area contributed by atoms with E-state index in [1.807, 2.05) is 12.1 Å². The minimum absolute atomic E-state index is 0.0232. The summed E-state index contributed by atoms with van der Waals surface area (Å²) in [4.78, 5) is 32.2. The first kappa shape index (κ1) is 41.5. The molecule has 2 heterocycles. The molecule has 0 amide bonds. The molecule has 60 heavy (non-hydrogen) atoms. The number of esters is 1. The van der Waals surface area contributed by atoms with Gasteiger partial charge in [0.1, 0.15) is 0 Å². The molecule has 14 heteroatoms. The van der Waals surface area contributed by atoms with E-state index in [2.05, 4.69) is 20.6 Å². The molecule has 308 valence electrons. The number of rotatable bonds is 11. The van der Waals surface area contributed by atoms with Crippen molar-refractivity contribution >= 4 is 34.7 Å². The summed E-state index contributed by atoms with van der Waals surface area (Å²) in [5.74, 6) is -0.867. The number of pyridine rings is 2. The molecule has 2 aliphatic rings. The van der Waals surface area contributed by atoms with E-state index in [9.17, 15) is 41.0 Å². The lowest BCUT2D eigenvalue weighted by Crippen LogP contribution is -2.11. The molecule has 0 saturated heterocycles. The van der Waals surface area contributed by atoms with Crippen LogP contribution in [-0.4, -0.2) is 33.6 Å². The summed E-state index contributed by atoms with van der Waals surface area (Å²) < 4.78 is 87.4. The lowest BCUT2D eigenvalue weighted by atomic mass is 10.0. The van der Waals surface area contributed by atoms with Gasteiger partial charge >= 0.3 is 24.3 Å². The Hall–Kier alpha value is -6.70. The molecule has 3 N–H and O–H groups in total. The Morgan fingerprint density at radius 1 is 0.633 bits per heavy atom. The standard InChI is InChI=1S/C24H21F3N2O2.C22H17F3N2O2/c1-2-31-23(30)19-12-17(15-8-9-15)10-11-21(19)29-18-13-20(24(25,26)27)22(28-14-18)16-6-4-3-5-7-16;23-22(24,25)18-11-16(12-26-20(18)14-4-2-1-3-5-14)27-19-9-8-15(13-6-7-13)10-17(19)21(28)29/h3-7,10-15,29H,2,8-9H2,1H3;1-5,8-13,27H,6-7H2,(H,28,29). The van der Waals surface area contributed by atoms with Gasteiger partial charge in [0, 0.05) is 11.1 Å². The van der Waals surface area contributed by atoms with E-state index in [1.165, 1.54) is 12.4 Å². The van der Waals surface area contributed by atoms with E-state index in [0.29, 0.717) is 34.2 Å². The van der Waals surface area contributed by atoms with Crippen LogP contribution in [0, 0.1) is 0 Å². The Bertz CT molecular complexity index is 2500. The quantitative estimate of drug-likeness (QED) is 0.0874. The van der Waals surface area contributed by atoms with E-state index < -0.39 is 35.4 Å². The highest BCUT2D eigenvalue weighted by Gasteiger charge is 2.36. The smallest absolute Gasteiger partial charge is 0.418 e. The molecule has 0 aliphatic heterocycles. The van der Waals surface area contributed by atoms with Gasteiger partial charge in [0.2, 0.25) is 0 Å². The number of nitrogens with zero attached hydrogens (tertiary/aromatic N) is 2. The van der Waals surface area contributed by atoms with Crippen molar-refractivity contribution in [3.63, 3.8) is 0 Å². The second-order valence-electron chi connectivity index (χ2n) is 14.4. The zero-order chi connectivity index (χ0) is 42.6. The summed E-state index contributed by atoms with van der Waals surface area (Å²) in [6, 6.07) is 28.6. The number of ether oxygens (including phenoxy) is 1. The summed E-state index contributed by atoms with van der Waals surface area (Å²) in [6.07, 6.45) is -2.42. The topological polar surface area (TPSA) is 113 Å². The zero-order valence-electron chi connectivity index (χ0n) is 32.1. The highest BCUT2D eigenvalue weighted by atomic mass is 19.4. The Morgan fingerprint density at radius 2 is 1.05 bits per heavy atom. The van der Waals surface area contributed by atoms with Crippen LogP contribution in [0.5, 0.6) is 0 Å². The Morgan fingerprint density at radius 3 is 1.43 bits per heavy atom. The second kappa shape index (κ2) is 17.3. The van der Waals surface area contributed by atoms with Crippen LogP contribution in [0.3, 0.4) is 0 Å². The molecule has 0 spiro atoms. The van der Waals surface area contributed by atoms with Gasteiger partial charge in [-0.05, 0) is 92.0 Å². The van der Waals surface area contributed by atoms with Crippen molar-refractivity contribution in [3.05, 3.63) is 155 Å². The number of alkyl halides is 6. The molecule has 8 rings (SSSR count). The lowest BCUT2D eigenvalue weighted by molar-refractivity contribution is -0.138. The number of aromatic nitrogens is 2. The first-order valence-corrected chi connectivity index (χ1v) is 19.2. The monoisotopic (exact) mass is 824 g/mol. The third kappa shape index (κ3) is 9.93. The molecule has 2 saturated carbocycles. The molecule has 0 unspecified atom stereocenters. The molecular weight excluding hydrogens is 787 g/mol. The molecule has 8 nitrogen and oxygen atoms in total. The van der Waals surface area contributed by atoms with Crippen LogP contribution >= 0.6 is 0 Å². The van der Waals surface area contributed by atoms with Crippen molar-refractivity contribution in [2.45, 2.75) is 56.8 Å². The zero-order valence-corrected chi connectivity index (χ0v) is 32.1. The Labute approximate surface area is 341 Å². The maximum atomic E-state index is 13.8. The van der Waals surface area contributed by atoms with Gasteiger partial charge in [-0.2, -0.15) is 26.3 Å². The number of carbonyl (C=O) groups excluding carboxylic acids is 1. The fraction of sp³-hybridized carbons (Fsp3) is 0.217. The number of hydrogen-bond acceptors (Lipinski definition) is 7. The minimum atomic E-state index is -4.61. The molecule has 2 fully saturated rings. The second-order valence-corrected chi connectivity index (χ2v) is 14.4. The summed E-state index contributed by atoms with van der Waals surface area (Å²) in [6.45, 7) is 1.91. The van der Waals surface area contributed by atoms with Gasteiger partial charge in [0.25, 0.3) is 0 Å². The number of carbonyl (C=O) groups is 2. The van der Waals surface area contributed by atoms with Crippen LogP contribution in [0.25, 0.3) is 22.5 Å². The third-order valence-corrected chi connectivity index (χ3v) is 9.95. The van der Waals surface area contributed by atoms with Gasteiger partial charge in [-0.15, -0.1) is 0 Å². The van der Waals surface area contributed by atoms with E-state index in [4.69, 9.17) is 4.74 Å². The van der Waals surface area contributed by atoms with E-state index in [-0.39, 0.29) is 40.6 Å². The third-order valence-electron chi connectivity index (χ3n) is 9.95. The largest absolute Gasteiger partial charge is 0.478 e. The predicted octanol–water partition coefficient (Wildman–Crippen LogP) is 12.7. The van der Waals surface area contributed by atoms with Crippen LogP contribution in [0.1, 0.15) is 87.4 Å². The van der Waals surface area contributed by atoms with Crippen LogP contribution < -0.4 is 10.6 Å². The molecule has 2 aromatic heterocycles. The number of halogens is 6. The van der Waals surface area contributed by atoms with Crippen molar-refractivity contribution in [3.8, 4) is 22.5 Å². The minimum Gasteiger partial charge on any atom is -0.478 e. The summed E-state index contributed by atoms with van der Waals surface area (Å²) in [5, 5.41) is 15.2. The lowest BCUT2D eigenvalue weighted by Gasteiger charge is -2.16. The molecule has 0 radical (unpaired) electrons. The van der Waals surface area contributed by atoms with Crippen molar-refractivity contribution in [1.29, 1.82) is 0 Å². The Balaban J connectivity index is 0.000000182. The number of carboxylic acids is 1. The number of hydrogen-bond donors (Lipinski definition) is 3. The first-order valence-electron chi connectivity index (χ1n) is 19.2. The van der Waals surface area contributed by atoms with Crippen LogP contribution in [0.4, 0.5) is 49.1 Å². The Kier molecular flexibility index (Phi) is 11.9. The fourth-order valence-corrected chi connectivity index (χ4v) is 6.70. The van der Waals surface area contributed by atoms with Gasteiger partial charge in [-0.3, -0.25) is 9.97 Å². The predicted molar refractivity (Wildman–Crippen MR) is 216 cm³/mol. The summed E-state index contributed by atoms with van der Waals surface area (Å²) >= 11 is 0. The molecular formula is C46H38F6N4O4. The number of aromatic carboxylic acids is 1. The van der Waals surface area contributed by atoms with E-state index in [1.54, 1.807) is 91.9 Å². The number of anilines is 4. The number of carboxylic acid groups (broad SMARTS) is 1. The van der Waals surface area contributed by atoms with Gasteiger partial charge in [-0.25, -0.2) is 9.59 Å². The molecule has 2 aliphatic carbocycles. The molecule has 4 aromatic carbocycles. The van der Waals surface area contributed by atoms with Crippen molar-refractivity contribution in [2.75, 3.05) is 17.2 Å². The van der Waals surface area contributed by atoms with Crippen molar-refractivity contribution in [2.24, 2.45) is 0 Å². The molecule has 6 aromatic rings. The first-order chi connectivity index (χ1) is 28.7. The highest BCUT2D eigenvalue weighted by Crippen LogP contribution is 2.44. The van der Waals surface area contributed by atoms with Gasteiger partial charge in [0.15, 0.2) is 0 Å². The highest BCUT2D eigenvalue weighted by molar-refractivity contribution is 5.97. The van der Waals surface area contributed by atoms with E-state index >= 15 is 0 Å². The average molecular weight is 825 g/mol. The SMILES string of the molecule is CCOC(=O)c1cc(C2CC2)ccc1Nc1cnc(-c2ccccc2)c(C(F)(F)F)c1.O=C(O)c1cc(C2CC2)ccc1Nc1cnc(-c2ccccc2)c(C(F)(F)F)c1. The average Bonchev–Trinajstić information content (AvgIpc) is 4.17. The summed E-state index contributed by atoms with van der Waals surface area (Å²) in [7, 11) is 0. The fourth-order valence-electron chi connectivity index (χ4n) is 6.70. The van der Waals surface area contributed by atoms with Gasteiger partial charge < -0.3 is 20.5 Å². The van der Waals surface area contributed by atoms with Gasteiger partial charge in [-0.1, -0.05) is 72.8 Å². The molecule has 0 atom stereocenters. The van der Waals surface area contributed by atoms with Crippen molar-refractivity contribution < 1.29 is 45.8 Å². The number of nitrogens with one attached hydrogen (secondary N) is 2. The normalized spacial score (nSPS) is 13.8. The maximum absolute atomic E-state index is 13.8. The number of benzene rings is 4. The maximum Gasteiger partial charge on any atom is 0.418 e. The molecule has 0 bridgehead atoms. The van der Waals surface area contributed by atoms with E-state index in [0.717, 1.165) is 48.9 Å². The van der Waals surface area contributed by atoms with Crippen LogP contribution in [0.2, 0.25) is 0 Å². The van der Waals surface area contributed by atoms with Gasteiger partial charge in [0.05, 0.1) is 75.4 Å².